The molecule has 0 aromatic rings. The van der Waals surface area contributed by atoms with Crippen LogP contribution in [0.4, 0.5) is 0 Å². The topological polar surface area (TPSA) is 78.9 Å². The standard InChI is InChI=1S/C71H132O6/c1-4-7-10-13-16-19-22-25-28-30-31-32-33-34-35-36-37-38-39-40-41-42-44-46-49-52-55-58-61-64-70(73)76-67-68(66-75-69(72)63-60-57-54-51-48-45-27-24-21-18-15-12-9-6-3)77-71(74)65-62-59-56-53-50-47-43-29-26-23-20-17-14-11-8-5-2/h24,27,29-31,43,68H,4-23,25-26,28,32-42,44-67H2,1-3H3/b27-24-,31-30-,43-29-. The molecule has 0 radical (unpaired) electrons. The van der Waals surface area contributed by atoms with Gasteiger partial charge in [0.25, 0.3) is 0 Å². The molecule has 0 saturated carbocycles. The van der Waals surface area contributed by atoms with Crippen LogP contribution in [-0.4, -0.2) is 37.2 Å². The van der Waals surface area contributed by atoms with Crippen LogP contribution < -0.4 is 0 Å². The normalized spacial score (nSPS) is 12.2. The van der Waals surface area contributed by atoms with Gasteiger partial charge in [-0.25, -0.2) is 0 Å². The summed E-state index contributed by atoms with van der Waals surface area (Å²) in [5, 5.41) is 0. The van der Waals surface area contributed by atoms with Gasteiger partial charge in [0.2, 0.25) is 0 Å². The largest absolute Gasteiger partial charge is 0.462 e. The molecule has 0 aliphatic rings. The van der Waals surface area contributed by atoms with Crippen LogP contribution in [0.25, 0.3) is 0 Å². The predicted molar refractivity (Wildman–Crippen MR) is 335 cm³/mol. The zero-order valence-electron chi connectivity index (χ0n) is 52.0. The first-order chi connectivity index (χ1) is 38.0. The van der Waals surface area contributed by atoms with Crippen molar-refractivity contribution in [3.05, 3.63) is 36.5 Å². The summed E-state index contributed by atoms with van der Waals surface area (Å²) < 4.78 is 16.9. The number of ether oxygens (including phenoxy) is 3. The summed E-state index contributed by atoms with van der Waals surface area (Å²) in [6.07, 6.45) is 81.7. The Labute approximate surface area is 480 Å². The number of unbranched alkanes of at least 4 members (excludes halogenated alkanes) is 47. The minimum atomic E-state index is -0.778. The number of rotatable bonds is 64. The van der Waals surface area contributed by atoms with E-state index in [1.54, 1.807) is 0 Å². The van der Waals surface area contributed by atoms with Crippen molar-refractivity contribution >= 4 is 17.9 Å². The van der Waals surface area contributed by atoms with Crippen molar-refractivity contribution in [2.75, 3.05) is 13.2 Å². The molecule has 0 aromatic carbocycles. The molecule has 0 rings (SSSR count). The maximum atomic E-state index is 12.9. The zero-order chi connectivity index (χ0) is 55.7. The van der Waals surface area contributed by atoms with Crippen LogP contribution in [0.15, 0.2) is 36.5 Å². The maximum absolute atomic E-state index is 12.9. The van der Waals surface area contributed by atoms with Crippen LogP contribution in [0.5, 0.6) is 0 Å². The molecular formula is C71H132O6. The molecule has 1 atom stereocenters. The highest BCUT2D eigenvalue weighted by Crippen LogP contribution is 2.18. The molecule has 0 spiro atoms. The molecule has 0 bridgehead atoms. The van der Waals surface area contributed by atoms with Crippen molar-refractivity contribution in [3.63, 3.8) is 0 Å². The van der Waals surface area contributed by atoms with Crippen LogP contribution in [0.1, 0.15) is 380 Å². The number of hydrogen-bond acceptors (Lipinski definition) is 6. The lowest BCUT2D eigenvalue weighted by molar-refractivity contribution is -0.167. The van der Waals surface area contributed by atoms with Crippen molar-refractivity contribution in [1.82, 2.24) is 0 Å². The Morgan fingerprint density at radius 2 is 0.429 bits per heavy atom. The van der Waals surface area contributed by atoms with Crippen molar-refractivity contribution in [3.8, 4) is 0 Å². The minimum Gasteiger partial charge on any atom is -0.462 e. The number of carbonyl (C=O) groups is 3. The molecule has 0 amide bonds. The van der Waals surface area contributed by atoms with Crippen molar-refractivity contribution in [2.24, 2.45) is 0 Å². The van der Waals surface area contributed by atoms with E-state index in [1.165, 1.54) is 270 Å². The predicted octanol–water partition coefficient (Wildman–Crippen LogP) is 23.6. The smallest absolute Gasteiger partial charge is 0.306 e. The van der Waals surface area contributed by atoms with Gasteiger partial charge in [0.15, 0.2) is 6.10 Å². The third-order valence-electron chi connectivity index (χ3n) is 15.6. The number of hydrogen-bond donors (Lipinski definition) is 0. The van der Waals surface area contributed by atoms with Crippen LogP contribution in [0, 0.1) is 0 Å². The molecule has 0 N–H and O–H groups in total. The van der Waals surface area contributed by atoms with E-state index in [0.29, 0.717) is 19.3 Å². The fraction of sp³-hybridized carbons (Fsp3) is 0.873. The fourth-order valence-electron chi connectivity index (χ4n) is 10.4. The van der Waals surface area contributed by atoms with Crippen molar-refractivity contribution in [1.29, 1.82) is 0 Å². The summed E-state index contributed by atoms with van der Waals surface area (Å²) in [6, 6.07) is 0. The van der Waals surface area contributed by atoms with Gasteiger partial charge in [0.05, 0.1) is 0 Å². The average molecular weight is 1080 g/mol. The molecule has 0 saturated heterocycles. The lowest BCUT2D eigenvalue weighted by atomic mass is 10.0. The molecular weight excluding hydrogens is 949 g/mol. The van der Waals surface area contributed by atoms with Gasteiger partial charge in [0.1, 0.15) is 13.2 Å². The monoisotopic (exact) mass is 1080 g/mol. The third kappa shape index (κ3) is 64.3. The Morgan fingerprint density at radius 1 is 0.247 bits per heavy atom. The van der Waals surface area contributed by atoms with Gasteiger partial charge in [-0.3, -0.25) is 14.4 Å². The second kappa shape index (κ2) is 66.1. The second-order valence-electron chi connectivity index (χ2n) is 23.4. The lowest BCUT2D eigenvalue weighted by Crippen LogP contribution is -2.30. The summed E-state index contributed by atoms with van der Waals surface area (Å²) in [7, 11) is 0. The fourth-order valence-corrected chi connectivity index (χ4v) is 10.4. The molecule has 0 heterocycles. The van der Waals surface area contributed by atoms with Gasteiger partial charge < -0.3 is 14.2 Å². The average Bonchev–Trinajstić information content (AvgIpc) is 3.43. The third-order valence-corrected chi connectivity index (χ3v) is 15.6. The van der Waals surface area contributed by atoms with E-state index in [0.717, 1.165) is 70.6 Å². The number of esters is 3. The molecule has 0 fully saturated rings. The van der Waals surface area contributed by atoms with E-state index in [2.05, 4.69) is 57.2 Å². The molecule has 452 valence electrons. The van der Waals surface area contributed by atoms with Gasteiger partial charge in [-0.05, 0) is 96.3 Å². The van der Waals surface area contributed by atoms with E-state index < -0.39 is 6.10 Å². The summed E-state index contributed by atoms with van der Waals surface area (Å²) in [5.74, 6) is -0.867. The molecule has 0 aliphatic carbocycles. The first kappa shape index (κ1) is 74.6. The van der Waals surface area contributed by atoms with Crippen molar-refractivity contribution in [2.45, 2.75) is 386 Å². The van der Waals surface area contributed by atoms with Crippen LogP contribution >= 0.6 is 0 Å². The molecule has 1 unspecified atom stereocenters. The first-order valence-corrected chi connectivity index (χ1v) is 34.5. The molecule has 0 aliphatic heterocycles. The molecule has 6 nitrogen and oxygen atoms in total. The van der Waals surface area contributed by atoms with E-state index >= 15 is 0 Å². The highest BCUT2D eigenvalue weighted by molar-refractivity contribution is 5.71. The van der Waals surface area contributed by atoms with E-state index in [9.17, 15) is 14.4 Å². The van der Waals surface area contributed by atoms with E-state index in [1.807, 2.05) is 0 Å². The Balaban J connectivity index is 4.19. The van der Waals surface area contributed by atoms with Crippen LogP contribution in [0.2, 0.25) is 0 Å². The highest BCUT2D eigenvalue weighted by Gasteiger charge is 2.19. The van der Waals surface area contributed by atoms with Gasteiger partial charge >= 0.3 is 17.9 Å². The van der Waals surface area contributed by atoms with E-state index in [4.69, 9.17) is 14.2 Å². The van der Waals surface area contributed by atoms with Crippen molar-refractivity contribution < 1.29 is 28.6 Å². The zero-order valence-corrected chi connectivity index (χ0v) is 52.0. The van der Waals surface area contributed by atoms with E-state index in [-0.39, 0.29) is 31.1 Å². The second-order valence-corrected chi connectivity index (χ2v) is 23.4. The Kier molecular flexibility index (Phi) is 64.1. The summed E-state index contributed by atoms with van der Waals surface area (Å²) >= 11 is 0. The minimum absolute atomic E-state index is 0.0740. The Hall–Kier alpha value is -2.37. The number of allylic oxidation sites excluding steroid dienone is 6. The van der Waals surface area contributed by atoms with Gasteiger partial charge in [-0.1, -0.05) is 301 Å². The van der Waals surface area contributed by atoms with Gasteiger partial charge in [0, 0.05) is 19.3 Å². The molecule has 77 heavy (non-hydrogen) atoms. The van der Waals surface area contributed by atoms with Crippen LogP contribution in [0.3, 0.4) is 0 Å². The quantitative estimate of drug-likeness (QED) is 0.0261. The lowest BCUT2D eigenvalue weighted by Gasteiger charge is -2.18. The first-order valence-electron chi connectivity index (χ1n) is 34.5. The molecule has 6 heteroatoms. The summed E-state index contributed by atoms with van der Waals surface area (Å²) in [6.45, 7) is 6.67. The summed E-state index contributed by atoms with van der Waals surface area (Å²) in [5.41, 5.74) is 0. The Morgan fingerprint density at radius 3 is 0.649 bits per heavy atom. The van der Waals surface area contributed by atoms with Gasteiger partial charge in [-0.15, -0.1) is 0 Å². The Bertz CT molecular complexity index is 1290. The number of carbonyl (C=O) groups excluding carboxylic acids is 3. The maximum Gasteiger partial charge on any atom is 0.306 e. The summed E-state index contributed by atoms with van der Waals surface area (Å²) in [4.78, 5) is 38.3. The molecule has 0 aromatic heterocycles. The highest BCUT2D eigenvalue weighted by atomic mass is 16.6. The van der Waals surface area contributed by atoms with Gasteiger partial charge in [-0.2, -0.15) is 0 Å². The SMILES string of the molecule is CCCCCCC/C=C\CCCCCCCC(=O)OCC(COC(=O)CCCCCCCCCCCCCCCCCCC/C=C\CCCCCCCCCC)OC(=O)CCCCCCC/C=C\CCCCCCCCC. The van der Waals surface area contributed by atoms with Crippen LogP contribution in [-0.2, 0) is 28.6 Å².